The lowest BCUT2D eigenvalue weighted by Gasteiger charge is -2.42. The molecule has 4 unspecified atom stereocenters. The van der Waals surface area contributed by atoms with Crippen LogP contribution in [0, 0.1) is 0 Å². The minimum Gasteiger partial charge on any atom is -0.391 e. The molecule has 1 fully saturated rings. The standard InChI is InChI=1S/C12H23ClOS5/c1-2-3-17-6-10(14)11(13)12(7-16)8-18-9(4-15)5-19-12/h9-11,14-16H,2-8H2,1H3. The second-order valence-electron chi connectivity index (χ2n) is 4.69. The monoisotopic (exact) mass is 378 g/mol. The predicted molar refractivity (Wildman–Crippen MR) is 102 cm³/mol. The second-order valence-corrected chi connectivity index (χ2v) is 9.72. The van der Waals surface area contributed by atoms with Gasteiger partial charge in [0.1, 0.15) is 0 Å². The van der Waals surface area contributed by atoms with Crippen molar-refractivity contribution in [2.24, 2.45) is 0 Å². The average Bonchev–Trinajstić information content (AvgIpc) is 2.46. The van der Waals surface area contributed by atoms with E-state index in [9.17, 15) is 5.11 Å². The van der Waals surface area contributed by atoms with Gasteiger partial charge in [-0.05, 0) is 12.2 Å². The Labute approximate surface area is 146 Å². The maximum atomic E-state index is 10.3. The molecule has 1 aliphatic rings. The summed E-state index contributed by atoms with van der Waals surface area (Å²) in [4.78, 5) is 0. The molecule has 7 heteroatoms. The molecule has 1 N–H and O–H groups in total. The van der Waals surface area contributed by atoms with Crippen molar-refractivity contribution in [3.63, 3.8) is 0 Å². The molecule has 1 aliphatic heterocycles. The summed E-state index contributed by atoms with van der Waals surface area (Å²) in [6, 6.07) is 0. The van der Waals surface area contributed by atoms with E-state index >= 15 is 0 Å². The smallest absolute Gasteiger partial charge is 0.0808 e. The molecule has 0 aromatic rings. The lowest BCUT2D eigenvalue weighted by atomic mass is 10.0. The van der Waals surface area contributed by atoms with Gasteiger partial charge in [0.25, 0.3) is 0 Å². The first-order chi connectivity index (χ1) is 9.09. The minimum absolute atomic E-state index is 0.110. The predicted octanol–water partition coefficient (Wildman–Crippen LogP) is 3.54. The number of thioether (sulfide) groups is 3. The van der Waals surface area contributed by atoms with Crippen LogP contribution in [-0.2, 0) is 0 Å². The maximum absolute atomic E-state index is 10.3. The van der Waals surface area contributed by atoms with Crippen molar-refractivity contribution in [2.45, 2.75) is 34.8 Å². The number of alkyl halides is 1. The van der Waals surface area contributed by atoms with Gasteiger partial charge in [-0.3, -0.25) is 0 Å². The average molecular weight is 379 g/mol. The fraction of sp³-hybridized carbons (Fsp3) is 1.00. The molecule has 0 bridgehead atoms. The summed E-state index contributed by atoms with van der Waals surface area (Å²) in [6.07, 6.45) is 0.682. The molecule has 0 aliphatic carbocycles. The first-order valence-corrected chi connectivity index (χ1v) is 11.4. The highest BCUT2D eigenvalue weighted by Gasteiger charge is 2.44. The normalized spacial score (nSPS) is 31.1. The Balaban J connectivity index is 2.53. The van der Waals surface area contributed by atoms with Crippen molar-refractivity contribution in [2.75, 3.05) is 34.5 Å². The number of aliphatic hydroxyl groups excluding tert-OH is 1. The SMILES string of the molecule is CCCSCC(O)C(Cl)C1(CS)CSC(CS)CS1. The fourth-order valence-electron chi connectivity index (χ4n) is 1.83. The number of halogens is 1. The highest BCUT2D eigenvalue weighted by atomic mass is 35.5. The molecule has 0 radical (unpaired) electrons. The summed E-state index contributed by atoms with van der Waals surface area (Å²) >= 11 is 21.0. The maximum Gasteiger partial charge on any atom is 0.0808 e. The zero-order valence-electron chi connectivity index (χ0n) is 11.1. The van der Waals surface area contributed by atoms with Gasteiger partial charge in [-0.2, -0.15) is 60.5 Å². The molecule has 0 spiro atoms. The Bertz CT molecular complexity index is 248. The molecular formula is C12H23ClOS5. The van der Waals surface area contributed by atoms with Crippen LogP contribution in [0.25, 0.3) is 0 Å². The Morgan fingerprint density at radius 2 is 2.26 bits per heavy atom. The summed E-state index contributed by atoms with van der Waals surface area (Å²) in [5, 5.41) is 10.7. The van der Waals surface area contributed by atoms with Crippen molar-refractivity contribution in [3.8, 4) is 0 Å². The van der Waals surface area contributed by atoms with Crippen molar-refractivity contribution in [3.05, 3.63) is 0 Å². The topological polar surface area (TPSA) is 20.2 Å². The zero-order valence-corrected chi connectivity index (χ0v) is 16.1. The van der Waals surface area contributed by atoms with Gasteiger partial charge in [0, 0.05) is 34.0 Å². The molecule has 114 valence electrons. The van der Waals surface area contributed by atoms with E-state index < -0.39 is 6.10 Å². The second kappa shape index (κ2) is 9.90. The summed E-state index contributed by atoms with van der Waals surface area (Å²) in [7, 11) is 0. The van der Waals surface area contributed by atoms with E-state index in [4.69, 9.17) is 11.6 Å². The first kappa shape index (κ1) is 19.0. The van der Waals surface area contributed by atoms with E-state index in [-0.39, 0.29) is 10.1 Å². The Morgan fingerprint density at radius 1 is 1.53 bits per heavy atom. The molecule has 19 heavy (non-hydrogen) atoms. The van der Waals surface area contributed by atoms with Crippen LogP contribution in [0.5, 0.6) is 0 Å². The molecule has 1 heterocycles. The van der Waals surface area contributed by atoms with Gasteiger partial charge in [-0.15, -0.1) is 11.6 Å². The fourth-order valence-corrected chi connectivity index (χ4v) is 7.89. The Kier molecular flexibility index (Phi) is 9.93. The summed E-state index contributed by atoms with van der Waals surface area (Å²) in [6.45, 7) is 2.15. The van der Waals surface area contributed by atoms with Crippen LogP contribution in [0.1, 0.15) is 13.3 Å². The number of rotatable bonds is 8. The molecule has 4 atom stereocenters. The number of hydrogen-bond donors (Lipinski definition) is 3. The molecule has 0 saturated carbocycles. The summed E-state index contributed by atoms with van der Waals surface area (Å²) in [5.74, 6) is 5.43. The number of aliphatic hydroxyl groups is 1. The third-order valence-electron chi connectivity index (χ3n) is 3.07. The molecule has 0 amide bonds. The molecule has 1 rings (SSSR count). The van der Waals surface area contributed by atoms with Gasteiger partial charge < -0.3 is 5.11 Å². The van der Waals surface area contributed by atoms with E-state index in [1.807, 2.05) is 23.5 Å². The van der Waals surface area contributed by atoms with Crippen molar-refractivity contribution >= 4 is 72.1 Å². The minimum atomic E-state index is -0.453. The lowest BCUT2D eigenvalue weighted by molar-refractivity contribution is 0.184. The quantitative estimate of drug-likeness (QED) is 0.341. The van der Waals surface area contributed by atoms with Crippen molar-refractivity contribution in [1.29, 1.82) is 0 Å². The van der Waals surface area contributed by atoms with Crippen LogP contribution in [0.2, 0.25) is 0 Å². The summed E-state index contributed by atoms with van der Waals surface area (Å²) < 4.78 is -0.110. The van der Waals surface area contributed by atoms with E-state index in [0.29, 0.717) is 11.0 Å². The zero-order chi connectivity index (χ0) is 14.3. The van der Waals surface area contributed by atoms with Crippen LogP contribution >= 0.6 is 72.1 Å². The van der Waals surface area contributed by atoms with Crippen LogP contribution in [0.4, 0.5) is 0 Å². The molecule has 1 saturated heterocycles. The van der Waals surface area contributed by atoms with Crippen LogP contribution < -0.4 is 0 Å². The van der Waals surface area contributed by atoms with E-state index in [2.05, 4.69) is 32.2 Å². The Morgan fingerprint density at radius 3 is 2.74 bits per heavy atom. The van der Waals surface area contributed by atoms with Crippen molar-refractivity contribution in [1.82, 2.24) is 0 Å². The van der Waals surface area contributed by atoms with Crippen LogP contribution in [0.15, 0.2) is 0 Å². The third kappa shape index (κ3) is 5.61. The van der Waals surface area contributed by atoms with Crippen molar-refractivity contribution < 1.29 is 5.11 Å². The van der Waals surface area contributed by atoms with E-state index in [1.165, 1.54) is 0 Å². The lowest BCUT2D eigenvalue weighted by Crippen LogP contribution is -2.50. The number of hydrogen-bond acceptors (Lipinski definition) is 6. The molecular weight excluding hydrogens is 356 g/mol. The summed E-state index contributed by atoms with van der Waals surface area (Å²) in [5.41, 5.74) is 0. The van der Waals surface area contributed by atoms with E-state index in [1.54, 1.807) is 11.8 Å². The van der Waals surface area contributed by atoms with Gasteiger partial charge in [0.15, 0.2) is 0 Å². The van der Waals surface area contributed by atoms with Crippen LogP contribution in [-0.4, -0.2) is 61.1 Å². The van der Waals surface area contributed by atoms with Gasteiger partial charge >= 0.3 is 0 Å². The number of thiol groups is 2. The highest BCUT2D eigenvalue weighted by molar-refractivity contribution is 8.08. The molecule has 0 aromatic carbocycles. The third-order valence-corrected chi connectivity index (χ3v) is 10.2. The van der Waals surface area contributed by atoms with Gasteiger partial charge in [0.2, 0.25) is 0 Å². The largest absolute Gasteiger partial charge is 0.391 e. The van der Waals surface area contributed by atoms with Gasteiger partial charge in [-0.25, -0.2) is 0 Å². The highest BCUT2D eigenvalue weighted by Crippen LogP contribution is 2.44. The van der Waals surface area contributed by atoms with Gasteiger partial charge in [0.05, 0.1) is 16.2 Å². The Hall–Kier alpha value is 2.00. The van der Waals surface area contributed by atoms with Gasteiger partial charge in [-0.1, -0.05) is 6.92 Å². The van der Waals surface area contributed by atoms with E-state index in [0.717, 1.165) is 35.2 Å². The molecule has 1 nitrogen and oxygen atoms in total. The first-order valence-electron chi connectivity index (χ1n) is 6.46. The van der Waals surface area contributed by atoms with Crippen LogP contribution in [0.3, 0.4) is 0 Å². The molecule has 0 aromatic heterocycles.